The molecule has 0 aliphatic rings. The SMILES string of the molecule is FC(F)(F)c1cc(Sc2ccncc2)nc(Cl)n1. The van der Waals surface area contributed by atoms with Gasteiger partial charge in [0.15, 0.2) is 5.69 Å². The summed E-state index contributed by atoms with van der Waals surface area (Å²) in [6, 6.07) is 4.18. The molecule has 2 aromatic rings. The number of pyridine rings is 1. The van der Waals surface area contributed by atoms with Gasteiger partial charge >= 0.3 is 6.18 Å². The average molecular weight is 292 g/mol. The van der Waals surface area contributed by atoms with Gasteiger partial charge in [0.25, 0.3) is 0 Å². The Labute approximate surface area is 109 Å². The average Bonchev–Trinajstić information content (AvgIpc) is 2.28. The molecule has 0 amide bonds. The summed E-state index contributed by atoms with van der Waals surface area (Å²) in [5, 5.41) is -0.296. The fourth-order valence-corrected chi connectivity index (χ4v) is 2.16. The van der Waals surface area contributed by atoms with Crippen molar-refractivity contribution in [2.45, 2.75) is 16.1 Å². The fourth-order valence-electron chi connectivity index (χ4n) is 1.12. The van der Waals surface area contributed by atoms with Crippen LogP contribution in [0.25, 0.3) is 0 Å². The number of alkyl halides is 3. The summed E-state index contributed by atoms with van der Waals surface area (Å²) in [4.78, 5) is 11.4. The zero-order valence-electron chi connectivity index (χ0n) is 8.65. The van der Waals surface area contributed by atoms with Gasteiger partial charge in [-0.25, -0.2) is 9.97 Å². The molecule has 0 aromatic carbocycles. The van der Waals surface area contributed by atoms with E-state index in [0.717, 1.165) is 17.8 Å². The van der Waals surface area contributed by atoms with Crippen LogP contribution in [0.2, 0.25) is 5.28 Å². The summed E-state index contributed by atoms with van der Waals surface area (Å²) >= 11 is 6.53. The monoisotopic (exact) mass is 291 g/mol. The highest BCUT2D eigenvalue weighted by molar-refractivity contribution is 7.99. The molecule has 0 aliphatic carbocycles. The number of nitrogens with zero attached hydrogens (tertiary/aromatic N) is 3. The standard InChI is InChI=1S/C10H5ClF3N3S/c11-9-16-7(10(12,13)14)5-8(17-9)18-6-1-3-15-4-2-6/h1-5H. The van der Waals surface area contributed by atoms with Gasteiger partial charge in [0.2, 0.25) is 5.28 Å². The summed E-state index contributed by atoms with van der Waals surface area (Å²) in [5.74, 6) is 0. The minimum absolute atomic E-state index is 0.133. The van der Waals surface area contributed by atoms with Gasteiger partial charge in [-0.2, -0.15) is 13.2 Å². The molecule has 0 N–H and O–H groups in total. The molecule has 0 spiro atoms. The smallest absolute Gasteiger partial charge is 0.265 e. The second-order valence-electron chi connectivity index (χ2n) is 3.14. The summed E-state index contributed by atoms with van der Waals surface area (Å²) < 4.78 is 37.6. The third-order valence-corrected chi connectivity index (χ3v) is 2.93. The molecule has 94 valence electrons. The molecular weight excluding hydrogens is 287 g/mol. The Morgan fingerprint density at radius 1 is 1.11 bits per heavy atom. The van der Waals surface area contributed by atoms with Crippen molar-refractivity contribution in [1.29, 1.82) is 0 Å². The minimum atomic E-state index is -4.54. The Balaban J connectivity index is 2.32. The lowest BCUT2D eigenvalue weighted by atomic mass is 10.4. The van der Waals surface area contributed by atoms with Gasteiger partial charge in [0.05, 0.1) is 0 Å². The number of aromatic nitrogens is 3. The lowest BCUT2D eigenvalue weighted by molar-refractivity contribution is -0.141. The van der Waals surface area contributed by atoms with Crippen molar-refractivity contribution in [3.63, 3.8) is 0 Å². The molecule has 0 saturated carbocycles. The van der Waals surface area contributed by atoms with Crippen LogP contribution in [-0.2, 0) is 6.18 Å². The van der Waals surface area contributed by atoms with E-state index in [2.05, 4.69) is 15.0 Å². The van der Waals surface area contributed by atoms with E-state index in [4.69, 9.17) is 11.6 Å². The Morgan fingerprint density at radius 2 is 1.78 bits per heavy atom. The molecule has 0 aliphatic heterocycles. The van der Waals surface area contributed by atoms with Crippen molar-refractivity contribution in [2.75, 3.05) is 0 Å². The maximum Gasteiger partial charge on any atom is 0.433 e. The molecular formula is C10H5ClF3N3S. The second-order valence-corrected chi connectivity index (χ2v) is 4.58. The first-order valence-corrected chi connectivity index (χ1v) is 5.84. The van der Waals surface area contributed by atoms with Gasteiger partial charge in [0, 0.05) is 23.4 Å². The lowest BCUT2D eigenvalue weighted by Crippen LogP contribution is -2.09. The van der Waals surface area contributed by atoms with Crippen molar-refractivity contribution in [3.8, 4) is 0 Å². The van der Waals surface area contributed by atoms with Crippen molar-refractivity contribution >= 4 is 23.4 Å². The Kier molecular flexibility index (Phi) is 3.72. The lowest BCUT2D eigenvalue weighted by Gasteiger charge is -2.07. The predicted molar refractivity (Wildman–Crippen MR) is 60.4 cm³/mol. The molecule has 8 heteroatoms. The Bertz CT molecular complexity index is 548. The van der Waals surface area contributed by atoms with Crippen LogP contribution in [0.5, 0.6) is 0 Å². The quantitative estimate of drug-likeness (QED) is 0.625. The fraction of sp³-hybridized carbons (Fsp3) is 0.100. The van der Waals surface area contributed by atoms with Crippen LogP contribution < -0.4 is 0 Å². The topological polar surface area (TPSA) is 38.7 Å². The first-order chi connectivity index (χ1) is 8.45. The van der Waals surface area contributed by atoms with Crippen LogP contribution in [-0.4, -0.2) is 15.0 Å². The summed E-state index contributed by atoms with van der Waals surface area (Å²) in [6.45, 7) is 0. The van der Waals surface area contributed by atoms with Crippen molar-refractivity contribution in [2.24, 2.45) is 0 Å². The number of hydrogen-bond acceptors (Lipinski definition) is 4. The normalized spacial score (nSPS) is 11.6. The first kappa shape index (κ1) is 13.1. The zero-order valence-corrected chi connectivity index (χ0v) is 10.2. The molecule has 0 fully saturated rings. The van der Waals surface area contributed by atoms with E-state index in [-0.39, 0.29) is 5.03 Å². The third kappa shape index (κ3) is 3.33. The Morgan fingerprint density at radius 3 is 2.39 bits per heavy atom. The van der Waals surface area contributed by atoms with E-state index < -0.39 is 17.2 Å². The number of hydrogen-bond donors (Lipinski definition) is 0. The molecule has 0 atom stereocenters. The molecule has 2 rings (SSSR count). The van der Waals surface area contributed by atoms with Gasteiger partial charge in [-0.15, -0.1) is 0 Å². The highest BCUT2D eigenvalue weighted by Gasteiger charge is 2.33. The molecule has 0 saturated heterocycles. The van der Waals surface area contributed by atoms with E-state index in [1.54, 1.807) is 12.1 Å². The van der Waals surface area contributed by atoms with Crippen LogP contribution in [0.15, 0.2) is 40.5 Å². The van der Waals surface area contributed by atoms with E-state index in [0.29, 0.717) is 4.90 Å². The largest absolute Gasteiger partial charge is 0.433 e. The third-order valence-electron chi connectivity index (χ3n) is 1.84. The molecule has 3 nitrogen and oxygen atoms in total. The van der Waals surface area contributed by atoms with Crippen LogP contribution >= 0.6 is 23.4 Å². The molecule has 18 heavy (non-hydrogen) atoms. The highest BCUT2D eigenvalue weighted by Crippen LogP contribution is 2.32. The van der Waals surface area contributed by atoms with Crippen LogP contribution in [0, 0.1) is 0 Å². The summed E-state index contributed by atoms with van der Waals surface area (Å²) in [5.41, 5.74) is -1.06. The maximum atomic E-state index is 12.5. The van der Waals surface area contributed by atoms with E-state index in [1.165, 1.54) is 12.4 Å². The first-order valence-electron chi connectivity index (χ1n) is 4.65. The van der Waals surface area contributed by atoms with E-state index >= 15 is 0 Å². The van der Waals surface area contributed by atoms with Crippen LogP contribution in [0.3, 0.4) is 0 Å². The maximum absolute atomic E-state index is 12.5. The van der Waals surface area contributed by atoms with Crippen LogP contribution in [0.4, 0.5) is 13.2 Å². The van der Waals surface area contributed by atoms with E-state index in [1.807, 2.05) is 0 Å². The van der Waals surface area contributed by atoms with Gasteiger partial charge in [0.1, 0.15) is 5.03 Å². The van der Waals surface area contributed by atoms with Crippen molar-refractivity contribution < 1.29 is 13.2 Å². The van der Waals surface area contributed by atoms with E-state index in [9.17, 15) is 13.2 Å². The summed E-state index contributed by atoms with van der Waals surface area (Å²) in [7, 11) is 0. The van der Waals surface area contributed by atoms with Crippen molar-refractivity contribution in [3.05, 3.63) is 41.6 Å². The second kappa shape index (κ2) is 5.11. The van der Waals surface area contributed by atoms with Gasteiger partial charge in [-0.3, -0.25) is 4.98 Å². The molecule has 0 bridgehead atoms. The zero-order chi connectivity index (χ0) is 13.2. The molecule has 2 heterocycles. The summed E-state index contributed by atoms with van der Waals surface area (Å²) in [6.07, 6.45) is -1.47. The minimum Gasteiger partial charge on any atom is -0.265 e. The highest BCUT2D eigenvalue weighted by atomic mass is 35.5. The number of rotatable bonds is 2. The predicted octanol–water partition coefficient (Wildman–Crippen LogP) is 3.70. The molecule has 0 unspecified atom stereocenters. The van der Waals surface area contributed by atoms with Crippen molar-refractivity contribution in [1.82, 2.24) is 15.0 Å². The number of halogens is 4. The van der Waals surface area contributed by atoms with Crippen LogP contribution in [0.1, 0.15) is 5.69 Å². The van der Waals surface area contributed by atoms with Gasteiger partial charge in [-0.1, -0.05) is 11.8 Å². The van der Waals surface area contributed by atoms with Gasteiger partial charge < -0.3 is 0 Å². The molecule has 0 radical (unpaired) electrons. The molecule has 2 aromatic heterocycles. The Hall–Kier alpha value is -1.34. The van der Waals surface area contributed by atoms with Gasteiger partial charge in [-0.05, 0) is 23.7 Å².